The molecular weight excluding hydrogens is 294 g/mol. The van der Waals surface area contributed by atoms with Crippen LogP contribution in [-0.4, -0.2) is 53.6 Å². The van der Waals surface area contributed by atoms with Gasteiger partial charge in [-0.2, -0.15) is 0 Å². The fraction of sp³-hybridized carbons (Fsp3) is 0.875. The maximum Gasteiger partial charge on any atom is 0.322 e. The number of hydrogen-bond acceptors (Lipinski definition) is 5. The number of hydrogen-bond donors (Lipinski definition) is 3. The van der Waals surface area contributed by atoms with Crippen LogP contribution in [0.4, 0.5) is 0 Å². The molecule has 136 valence electrons. The van der Waals surface area contributed by atoms with E-state index in [1.54, 1.807) is 0 Å². The average molecular weight is 329 g/mol. The van der Waals surface area contributed by atoms with Gasteiger partial charge in [0.1, 0.15) is 12.6 Å². The highest BCUT2D eigenvalue weighted by Gasteiger charge is 2.31. The first-order valence-electron chi connectivity index (χ1n) is 8.11. The SMILES string of the molecule is CC(C)(C)N(CCOC(=O)C(N)CCCN=C(N)N)C(C)(C)C. The summed E-state index contributed by atoms with van der Waals surface area (Å²) in [5.41, 5.74) is 16.3. The minimum absolute atomic E-state index is 0.00701. The number of carbonyl (C=O) groups excluding carboxylic acids is 1. The summed E-state index contributed by atoms with van der Waals surface area (Å²) < 4.78 is 5.31. The van der Waals surface area contributed by atoms with E-state index in [0.29, 0.717) is 32.5 Å². The third-order valence-corrected chi connectivity index (χ3v) is 3.45. The summed E-state index contributed by atoms with van der Waals surface area (Å²) in [6, 6.07) is -0.637. The van der Waals surface area contributed by atoms with Gasteiger partial charge in [-0.3, -0.25) is 14.7 Å². The lowest BCUT2D eigenvalue weighted by Crippen LogP contribution is -2.54. The van der Waals surface area contributed by atoms with Gasteiger partial charge in [0.05, 0.1) is 0 Å². The van der Waals surface area contributed by atoms with Gasteiger partial charge in [-0.15, -0.1) is 0 Å². The highest BCUT2D eigenvalue weighted by molar-refractivity contribution is 5.76. The van der Waals surface area contributed by atoms with Crippen LogP contribution in [0.25, 0.3) is 0 Å². The molecule has 7 nitrogen and oxygen atoms in total. The zero-order valence-corrected chi connectivity index (χ0v) is 15.6. The van der Waals surface area contributed by atoms with Crippen molar-refractivity contribution < 1.29 is 9.53 Å². The summed E-state index contributed by atoms with van der Waals surface area (Å²) in [5.74, 6) is -0.330. The van der Waals surface area contributed by atoms with E-state index in [9.17, 15) is 4.79 Å². The molecule has 0 rings (SSSR count). The van der Waals surface area contributed by atoms with E-state index in [2.05, 4.69) is 51.4 Å². The number of rotatable bonds is 8. The van der Waals surface area contributed by atoms with Crippen LogP contribution in [0.15, 0.2) is 4.99 Å². The lowest BCUT2D eigenvalue weighted by molar-refractivity contribution is -0.146. The van der Waals surface area contributed by atoms with Gasteiger partial charge in [-0.1, -0.05) is 0 Å². The second-order valence-electron chi connectivity index (χ2n) is 7.72. The second kappa shape index (κ2) is 9.08. The fourth-order valence-corrected chi connectivity index (χ4v) is 2.66. The summed E-state index contributed by atoms with van der Waals surface area (Å²) in [6.07, 6.45) is 1.14. The standard InChI is InChI=1S/C16H35N5O2/c1-15(2,3)21(16(4,5)6)10-11-23-13(22)12(17)8-7-9-20-14(18)19/h12H,7-11,17H2,1-6H3,(H4,18,19,20). The van der Waals surface area contributed by atoms with Gasteiger partial charge >= 0.3 is 5.97 Å². The predicted molar refractivity (Wildman–Crippen MR) is 95.1 cm³/mol. The average Bonchev–Trinajstić information content (AvgIpc) is 2.35. The molecule has 0 bridgehead atoms. The Balaban J connectivity index is 4.24. The molecule has 0 aliphatic rings. The van der Waals surface area contributed by atoms with Crippen molar-refractivity contribution in [3.8, 4) is 0 Å². The molecule has 0 saturated carbocycles. The predicted octanol–water partition coefficient (Wildman–Crippen LogP) is 0.810. The van der Waals surface area contributed by atoms with E-state index >= 15 is 0 Å². The number of ether oxygens (including phenoxy) is 1. The number of carbonyl (C=O) groups is 1. The molecule has 0 saturated heterocycles. The Morgan fingerprint density at radius 3 is 2.09 bits per heavy atom. The third kappa shape index (κ3) is 9.40. The van der Waals surface area contributed by atoms with E-state index in [1.165, 1.54) is 0 Å². The van der Waals surface area contributed by atoms with Crippen molar-refractivity contribution in [2.45, 2.75) is 71.5 Å². The van der Waals surface area contributed by atoms with E-state index in [4.69, 9.17) is 21.9 Å². The molecule has 0 fully saturated rings. The van der Waals surface area contributed by atoms with Gasteiger partial charge in [-0.05, 0) is 54.4 Å². The van der Waals surface area contributed by atoms with Gasteiger partial charge in [-0.25, -0.2) is 0 Å². The molecule has 0 aliphatic carbocycles. The van der Waals surface area contributed by atoms with Crippen LogP contribution in [0.2, 0.25) is 0 Å². The number of guanidine groups is 1. The summed E-state index contributed by atoms with van der Waals surface area (Å²) in [5, 5.41) is 0. The Labute approximate surface area is 140 Å². The summed E-state index contributed by atoms with van der Waals surface area (Å²) in [6.45, 7) is 14.3. The Bertz CT molecular complexity index is 378. The molecule has 0 heterocycles. The zero-order chi connectivity index (χ0) is 18.3. The molecule has 6 N–H and O–H groups in total. The lowest BCUT2D eigenvalue weighted by Gasteiger charge is -2.45. The van der Waals surface area contributed by atoms with Crippen LogP contribution in [0.1, 0.15) is 54.4 Å². The first-order chi connectivity index (χ1) is 10.4. The molecular formula is C16H35N5O2. The highest BCUT2D eigenvalue weighted by Crippen LogP contribution is 2.24. The molecule has 0 aromatic rings. The van der Waals surface area contributed by atoms with E-state index in [-0.39, 0.29) is 23.0 Å². The van der Waals surface area contributed by atoms with Crippen LogP contribution in [-0.2, 0) is 9.53 Å². The minimum atomic E-state index is -0.637. The Kier molecular flexibility index (Phi) is 8.55. The van der Waals surface area contributed by atoms with Gasteiger partial charge in [0.15, 0.2) is 5.96 Å². The van der Waals surface area contributed by atoms with Crippen molar-refractivity contribution >= 4 is 11.9 Å². The van der Waals surface area contributed by atoms with Crippen molar-refractivity contribution in [3.05, 3.63) is 0 Å². The fourth-order valence-electron chi connectivity index (χ4n) is 2.66. The Hall–Kier alpha value is -1.34. The van der Waals surface area contributed by atoms with E-state index in [1.807, 2.05) is 0 Å². The van der Waals surface area contributed by atoms with Crippen LogP contribution in [0, 0.1) is 0 Å². The van der Waals surface area contributed by atoms with E-state index < -0.39 is 6.04 Å². The third-order valence-electron chi connectivity index (χ3n) is 3.45. The monoisotopic (exact) mass is 329 g/mol. The molecule has 0 aromatic carbocycles. The molecule has 7 heteroatoms. The van der Waals surface area contributed by atoms with Crippen LogP contribution >= 0.6 is 0 Å². The number of aliphatic imine (C=N–C) groups is 1. The number of nitrogens with zero attached hydrogens (tertiary/aromatic N) is 2. The minimum Gasteiger partial charge on any atom is -0.463 e. The topological polar surface area (TPSA) is 120 Å². The molecule has 1 unspecified atom stereocenters. The van der Waals surface area contributed by atoms with Crippen molar-refractivity contribution in [2.24, 2.45) is 22.2 Å². The quantitative estimate of drug-likeness (QED) is 0.262. The van der Waals surface area contributed by atoms with Gasteiger partial charge in [0.25, 0.3) is 0 Å². The molecule has 0 spiro atoms. The molecule has 1 atom stereocenters. The summed E-state index contributed by atoms with van der Waals surface area (Å²) in [4.78, 5) is 18.1. The van der Waals surface area contributed by atoms with Crippen LogP contribution in [0.3, 0.4) is 0 Å². The first-order valence-corrected chi connectivity index (χ1v) is 8.11. The first kappa shape index (κ1) is 21.7. The van der Waals surface area contributed by atoms with Crippen molar-refractivity contribution in [3.63, 3.8) is 0 Å². The number of esters is 1. The molecule has 23 heavy (non-hydrogen) atoms. The zero-order valence-electron chi connectivity index (χ0n) is 15.6. The maximum atomic E-state index is 11.9. The van der Waals surface area contributed by atoms with Gasteiger partial charge in [0, 0.05) is 24.2 Å². The lowest BCUT2D eigenvalue weighted by atomic mass is 9.96. The number of nitrogens with two attached hydrogens (primary N) is 3. The van der Waals surface area contributed by atoms with Crippen molar-refractivity contribution in [2.75, 3.05) is 19.7 Å². The second-order valence-corrected chi connectivity index (χ2v) is 7.72. The van der Waals surface area contributed by atoms with Gasteiger partial charge in [0.2, 0.25) is 0 Å². The molecule has 0 radical (unpaired) electrons. The maximum absolute atomic E-state index is 11.9. The van der Waals surface area contributed by atoms with Crippen LogP contribution in [0.5, 0.6) is 0 Å². The van der Waals surface area contributed by atoms with E-state index in [0.717, 1.165) is 0 Å². The van der Waals surface area contributed by atoms with Crippen molar-refractivity contribution in [1.82, 2.24) is 4.90 Å². The highest BCUT2D eigenvalue weighted by atomic mass is 16.5. The van der Waals surface area contributed by atoms with Crippen LogP contribution < -0.4 is 17.2 Å². The Morgan fingerprint density at radius 2 is 1.65 bits per heavy atom. The Morgan fingerprint density at radius 1 is 1.13 bits per heavy atom. The largest absolute Gasteiger partial charge is 0.463 e. The summed E-state index contributed by atoms with van der Waals surface area (Å²) in [7, 11) is 0. The van der Waals surface area contributed by atoms with Crippen molar-refractivity contribution in [1.29, 1.82) is 0 Å². The van der Waals surface area contributed by atoms with Gasteiger partial charge < -0.3 is 21.9 Å². The molecule has 0 aromatic heterocycles. The molecule has 0 aliphatic heterocycles. The summed E-state index contributed by atoms with van der Waals surface area (Å²) >= 11 is 0. The normalized spacial score (nSPS) is 13.7. The molecule has 0 amide bonds. The smallest absolute Gasteiger partial charge is 0.322 e.